The highest BCUT2D eigenvalue weighted by atomic mass is 28.3. The minimum absolute atomic E-state index is 0.270. The lowest BCUT2D eigenvalue weighted by molar-refractivity contribution is -0.161. The molecule has 0 atom stereocenters. The van der Waals surface area contributed by atoms with E-state index in [1.54, 1.807) is 13.8 Å². The number of carbonyl (C=O) groups excluding carboxylic acids is 2. The molecule has 0 aromatic rings. The zero-order valence-corrected chi connectivity index (χ0v) is 13.0. The Morgan fingerprint density at radius 2 is 1.50 bits per heavy atom. The highest BCUT2D eigenvalue weighted by Crippen LogP contribution is 2.12. The van der Waals surface area contributed by atoms with Crippen LogP contribution >= 0.6 is 0 Å². The van der Waals surface area contributed by atoms with Gasteiger partial charge in [-0.3, -0.25) is 9.59 Å². The Morgan fingerprint density at radius 1 is 1.06 bits per heavy atom. The maximum absolute atomic E-state index is 11.7. The predicted molar refractivity (Wildman–Crippen MR) is 73.9 cm³/mol. The monoisotopic (exact) mass is 272 g/mol. The summed E-state index contributed by atoms with van der Waals surface area (Å²) in [5.41, 5.74) is 2.11. The first-order chi connectivity index (χ1) is 8.31. The maximum Gasteiger partial charge on any atom is 0.320 e. The molecule has 5 heteroatoms. The fourth-order valence-corrected chi connectivity index (χ4v) is 2.18. The number of allylic oxidation sites excluding steroid dienone is 1. The molecule has 0 N–H and O–H groups in total. The molecule has 0 bridgehead atoms. The molecule has 0 aromatic carbocycles. The summed E-state index contributed by atoms with van der Waals surface area (Å²) in [5, 5.41) is 0. The molecule has 0 rings (SSSR count). The highest BCUT2D eigenvalue weighted by Gasteiger charge is 2.28. The zero-order valence-electron chi connectivity index (χ0n) is 12.0. The number of hydrogen-bond donors (Lipinski definition) is 0. The van der Waals surface area contributed by atoms with Gasteiger partial charge in [0, 0.05) is 0 Å². The van der Waals surface area contributed by atoms with Crippen LogP contribution in [0.15, 0.2) is 11.8 Å². The van der Waals surface area contributed by atoms with Crippen molar-refractivity contribution >= 4 is 20.0 Å². The Bertz CT molecular complexity index is 287. The normalized spacial score (nSPS) is 11.9. The van der Waals surface area contributed by atoms with Gasteiger partial charge in [-0.15, -0.1) is 0 Å². The van der Waals surface area contributed by atoms with Crippen molar-refractivity contribution in [3.8, 4) is 0 Å². The van der Waals surface area contributed by atoms with Gasteiger partial charge >= 0.3 is 11.9 Å². The van der Waals surface area contributed by atoms with Crippen LogP contribution < -0.4 is 0 Å². The van der Waals surface area contributed by atoms with Crippen LogP contribution in [-0.4, -0.2) is 33.2 Å². The predicted octanol–water partition coefficient (Wildman–Crippen LogP) is 2.55. The second kappa shape index (κ2) is 8.08. The van der Waals surface area contributed by atoms with Gasteiger partial charge in [-0.05, 0) is 20.3 Å². The smallest absolute Gasteiger partial charge is 0.320 e. The van der Waals surface area contributed by atoms with E-state index in [1.807, 2.05) is 6.08 Å². The Morgan fingerprint density at radius 3 is 1.83 bits per heavy atom. The largest absolute Gasteiger partial charge is 0.465 e. The van der Waals surface area contributed by atoms with Crippen molar-refractivity contribution in [3.05, 3.63) is 11.8 Å². The van der Waals surface area contributed by atoms with Gasteiger partial charge in [0.2, 0.25) is 0 Å². The van der Waals surface area contributed by atoms with E-state index in [1.165, 1.54) is 0 Å². The minimum atomic E-state index is -1.32. The van der Waals surface area contributed by atoms with Crippen molar-refractivity contribution in [1.82, 2.24) is 0 Å². The van der Waals surface area contributed by atoms with Crippen LogP contribution in [0, 0.1) is 5.92 Å². The molecule has 0 unspecified atom stereocenters. The van der Waals surface area contributed by atoms with Gasteiger partial charge in [-0.2, -0.15) is 0 Å². The first-order valence-electron chi connectivity index (χ1n) is 6.32. The van der Waals surface area contributed by atoms with Crippen LogP contribution in [0.25, 0.3) is 0 Å². The second-order valence-corrected chi connectivity index (χ2v) is 10.1. The SMILES string of the molecule is CCOC(=O)C(C/C=C\[Si](C)(C)C)C(=O)OCC. The van der Waals surface area contributed by atoms with Gasteiger partial charge in [0.1, 0.15) is 0 Å². The molecule has 0 aromatic heterocycles. The molecular weight excluding hydrogens is 248 g/mol. The van der Waals surface area contributed by atoms with Crippen LogP contribution in [0.4, 0.5) is 0 Å². The molecule has 0 heterocycles. The molecule has 104 valence electrons. The minimum Gasteiger partial charge on any atom is -0.465 e. The molecule has 0 spiro atoms. The number of esters is 2. The summed E-state index contributed by atoms with van der Waals surface area (Å²) in [5.74, 6) is -1.84. The van der Waals surface area contributed by atoms with E-state index in [4.69, 9.17) is 9.47 Å². The van der Waals surface area contributed by atoms with Crippen molar-refractivity contribution in [2.45, 2.75) is 39.9 Å². The summed E-state index contributed by atoms with van der Waals surface area (Å²) in [6, 6.07) is 0. The standard InChI is InChI=1S/C13H24O4Si/c1-6-16-12(14)11(13(15)17-7-2)9-8-10-18(3,4)5/h8,10-11H,6-7,9H2,1-5H3/b10-8-. The van der Waals surface area contributed by atoms with E-state index in [9.17, 15) is 9.59 Å². The molecule has 0 fully saturated rings. The quantitative estimate of drug-likeness (QED) is 0.406. The first-order valence-corrected chi connectivity index (χ1v) is 9.90. The first kappa shape index (κ1) is 16.9. The maximum atomic E-state index is 11.7. The average Bonchev–Trinajstić information content (AvgIpc) is 2.23. The molecule has 0 saturated heterocycles. The highest BCUT2D eigenvalue weighted by molar-refractivity contribution is 6.80. The Hall–Kier alpha value is -1.10. The average molecular weight is 272 g/mol. The molecule has 0 saturated carbocycles. The molecule has 0 aliphatic rings. The molecule has 18 heavy (non-hydrogen) atoms. The van der Waals surface area contributed by atoms with E-state index < -0.39 is 25.9 Å². The second-order valence-electron chi connectivity index (χ2n) is 5.06. The molecule has 0 amide bonds. The van der Waals surface area contributed by atoms with Crippen LogP contribution in [0.5, 0.6) is 0 Å². The molecule has 0 radical (unpaired) electrons. The van der Waals surface area contributed by atoms with Crippen LogP contribution in [0.3, 0.4) is 0 Å². The lowest BCUT2D eigenvalue weighted by atomic mass is 10.1. The molecule has 0 aliphatic carbocycles. The van der Waals surface area contributed by atoms with E-state index in [0.717, 1.165) is 0 Å². The summed E-state index contributed by atoms with van der Waals surface area (Å²) in [7, 11) is -1.32. The molecule has 0 aliphatic heterocycles. The number of hydrogen-bond acceptors (Lipinski definition) is 4. The van der Waals surface area contributed by atoms with Gasteiger partial charge in [0.15, 0.2) is 5.92 Å². The lowest BCUT2D eigenvalue weighted by Gasteiger charge is -2.13. The van der Waals surface area contributed by atoms with Crippen molar-refractivity contribution in [1.29, 1.82) is 0 Å². The van der Waals surface area contributed by atoms with Gasteiger partial charge < -0.3 is 9.47 Å². The topological polar surface area (TPSA) is 52.6 Å². The molecular formula is C13H24O4Si. The fraction of sp³-hybridized carbons (Fsp3) is 0.692. The van der Waals surface area contributed by atoms with Crippen molar-refractivity contribution in [3.63, 3.8) is 0 Å². The summed E-state index contributed by atoms with van der Waals surface area (Å²) >= 11 is 0. The van der Waals surface area contributed by atoms with Crippen molar-refractivity contribution < 1.29 is 19.1 Å². The Labute approximate surface area is 110 Å². The van der Waals surface area contributed by atoms with E-state index in [0.29, 0.717) is 6.42 Å². The van der Waals surface area contributed by atoms with Gasteiger partial charge in [-0.1, -0.05) is 31.4 Å². The zero-order chi connectivity index (χ0) is 14.2. The van der Waals surface area contributed by atoms with Gasteiger partial charge in [0.05, 0.1) is 21.3 Å². The summed E-state index contributed by atoms with van der Waals surface area (Å²) < 4.78 is 9.78. The summed E-state index contributed by atoms with van der Waals surface area (Å²) in [4.78, 5) is 23.3. The van der Waals surface area contributed by atoms with Gasteiger partial charge in [-0.25, -0.2) is 0 Å². The molecule has 4 nitrogen and oxygen atoms in total. The van der Waals surface area contributed by atoms with Crippen molar-refractivity contribution in [2.75, 3.05) is 13.2 Å². The third-order valence-electron chi connectivity index (χ3n) is 2.13. The van der Waals surface area contributed by atoms with Crippen LogP contribution in [0.1, 0.15) is 20.3 Å². The number of rotatable bonds is 7. The summed E-state index contributed by atoms with van der Waals surface area (Å²) in [6.45, 7) is 10.5. The van der Waals surface area contributed by atoms with E-state index in [-0.39, 0.29) is 13.2 Å². The van der Waals surface area contributed by atoms with E-state index in [2.05, 4.69) is 25.3 Å². The fourth-order valence-electron chi connectivity index (χ4n) is 1.33. The Kier molecular flexibility index (Phi) is 7.58. The third kappa shape index (κ3) is 7.27. The lowest BCUT2D eigenvalue weighted by Crippen LogP contribution is -2.28. The van der Waals surface area contributed by atoms with Crippen molar-refractivity contribution in [2.24, 2.45) is 5.92 Å². The summed E-state index contributed by atoms with van der Waals surface area (Å²) in [6.07, 6.45) is 2.24. The Balaban J connectivity index is 4.62. The van der Waals surface area contributed by atoms with Crippen LogP contribution in [0.2, 0.25) is 19.6 Å². The number of carbonyl (C=O) groups is 2. The van der Waals surface area contributed by atoms with Gasteiger partial charge in [0.25, 0.3) is 0 Å². The van der Waals surface area contributed by atoms with E-state index >= 15 is 0 Å². The third-order valence-corrected chi connectivity index (χ3v) is 3.37. The van der Waals surface area contributed by atoms with Crippen LogP contribution in [-0.2, 0) is 19.1 Å². The number of ether oxygens (including phenoxy) is 2.